The highest BCUT2D eigenvalue weighted by Crippen LogP contribution is 2.27. The Bertz CT molecular complexity index is 536. The van der Waals surface area contributed by atoms with Gasteiger partial charge in [0.05, 0.1) is 5.69 Å². The van der Waals surface area contributed by atoms with Crippen molar-refractivity contribution in [1.82, 2.24) is 5.32 Å². The molecule has 0 aliphatic heterocycles. The summed E-state index contributed by atoms with van der Waals surface area (Å²) in [5.41, 5.74) is 1.51. The zero-order valence-corrected chi connectivity index (χ0v) is 14.9. The van der Waals surface area contributed by atoms with Crippen LogP contribution in [0.3, 0.4) is 0 Å². The Morgan fingerprint density at radius 3 is 2.38 bits per heavy atom. The minimum Gasteiger partial charge on any atom is -0.354 e. The Morgan fingerprint density at radius 1 is 1.29 bits per heavy atom. The van der Waals surface area contributed by atoms with Gasteiger partial charge >= 0.3 is 0 Å². The quantitative estimate of drug-likeness (QED) is 0.901. The molecule has 0 heterocycles. The Hall–Kier alpha value is -1.36. The summed E-state index contributed by atoms with van der Waals surface area (Å²) in [6.45, 7) is 9.98. The predicted octanol–water partition coefficient (Wildman–Crippen LogP) is 3.27. The van der Waals surface area contributed by atoms with Crippen molar-refractivity contribution in [2.45, 2.75) is 34.6 Å². The van der Waals surface area contributed by atoms with E-state index in [1.807, 2.05) is 45.9 Å². The highest BCUT2D eigenvalue weighted by atomic mass is 79.9. The fraction of sp³-hybridized carbons (Fsp3) is 0.500. The summed E-state index contributed by atoms with van der Waals surface area (Å²) in [7, 11) is 0. The normalized spacial score (nSPS) is 11.1. The van der Waals surface area contributed by atoms with Crippen LogP contribution in [0.1, 0.15) is 33.3 Å². The third-order valence-electron chi connectivity index (χ3n) is 3.08. The van der Waals surface area contributed by atoms with E-state index in [-0.39, 0.29) is 11.8 Å². The number of hydrogen-bond acceptors (Lipinski definition) is 2. The van der Waals surface area contributed by atoms with E-state index in [0.29, 0.717) is 13.1 Å². The third kappa shape index (κ3) is 5.16. The highest BCUT2D eigenvalue weighted by Gasteiger charge is 2.21. The molecule has 0 unspecified atom stereocenters. The van der Waals surface area contributed by atoms with Crippen LogP contribution in [0.15, 0.2) is 22.7 Å². The molecule has 0 saturated heterocycles. The standard InChI is InChI=1S/C16H23BrN2O2/c1-11-6-7-14(13(17)10-11)19(12(2)20)9-8-18-15(21)16(3,4)5/h6-7,10H,8-9H2,1-5H3,(H,18,21). The molecule has 0 bridgehead atoms. The number of carbonyl (C=O) groups is 2. The van der Waals surface area contributed by atoms with E-state index in [4.69, 9.17) is 0 Å². The molecule has 0 saturated carbocycles. The Morgan fingerprint density at radius 2 is 1.90 bits per heavy atom. The van der Waals surface area contributed by atoms with Crippen LogP contribution in [0, 0.1) is 12.3 Å². The molecule has 116 valence electrons. The van der Waals surface area contributed by atoms with Crippen molar-refractivity contribution in [1.29, 1.82) is 0 Å². The van der Waals surface area contributed by atoms with Gasteiger partial charge in [-0.05, 0) is 40.5 Å². The van der Waals surface area contributed by atoms with Crippen LogP contribution in [-0.2, 0) is 9.59 Å². The van der Waals surface area contributed by atoms with Crippen molar-refractivity contribution in [2.24, 2.45) is 5.41 Å². The predicted molar refractivity (Wildman–Crippen MR) is 89.4 cm³/mol. The summed E-state index contributed by atoms with van der Waals surface area (Å²) in [5, 5.41) is 2.86. The molecular weight excluding hydrogens is 332 g/mol. The zero-order chi connectivity index (χ0) is 16.2. The van der Waals surface area contributed by atoms with Crippen molar-refractivity contribution in [3.63, 3.8) is 0 Å². The van der Waals surface area contributed by atoms with Crippen LogP contribution >= 0.6 is 15.9 Å². The fourth-order valence-electron chi connectivity index (χ4n) is 1.82. The van der Waals surface area contributed by atoms with E-state index in [0.717, 1.165) is 15.7 Å². The minimum absolute atomic E-state index is 0.0195. The zero-order valence-electron chi connectivity index (χ0n) is 13.3. The van der Waals surface area contributed by atoms with E-state index >= 15 is 0 Å². The van der Waals surface area contributed by atoms with Crippen LogP contribution in [0.4, 0.5) is 5.69 Å². The number of halogens is 1. The number of amides is 2. The maximum atomic E-state index is 11.8. The van der Waals surface area contributed by atoms with Crippen molar-refractivity contribution in [2.75, 3.05) is 18.0 Å². The third-order valence-corrected chi connectivity index (χ3v) is 3.71. The Kier molecular flexibility index (Phi) is 5.96. The van der Waals surface area contributed by atoms with Gasteiger partial charge in [0.2, 0.25) is 11.8 Å². The average molecular weight is 355 g/mol. The smallest absolute Gasteiger partial charge is 0.225 e. The van der Waals surface area contributed by atoms with Crippen LogP contribution in [0.25, 0.3) is 0 Å². The second-order valence-corrected chi connectivity index (χ2v) is 6.99. The monoisotopic (exact) mass is 354 g/mol. The molecule has 21 heavy (non-hydrogen) atoms. The lowest BCUT2D eigenvalue weighted by molar-refractivity contribution is -0.128. The van der Waals surface area contributed by atoms with E-state index in [2.05, 4.69) is 21.2 Å². The molecule has 4 nitrogen and oxygen atoms in total. The molecule has 0 aromatic heterocycles. The van der Waals surface area contributed by atoms with Crippen molar-refractivity contribution < 1.29 is 9.59 Å². The summed E-state index contributed by atoms with van der Waals surface area (Å²) in [5.74, 6) is -0.0708. The minimum atomic E-state index is -0.425. The molecule has 1 aromatic carbocycles. The van der Waals surface area contributed by atoms with Gasteiger partial charge < -0.3 is 10.2 Å². The SMILES string of the molecule is CC(=O)N(CCNC(=O)C(C)(C)C)c1ccc(C)cc1Br. The van der Waals surface area contributed by atoms with Crippen molar-refractivity contribution in [3.05, 3.63) is 28.2 Å². The number of hydrogen-bond donors (Lipinski definition) is 1. The molecule has 0 fully saturated rings. The summed E-state index contributed by atoms with van der Waals surface area (Å²) in [6.07, 6.45) is 0. The van der Waals surface area contributed by atoms with E-state index in [1.54, 1.807) is 4.90 Å². The lowest BCUT2D eigenvalue weighted by atomic mass is 9.96. The van der Waals surface area contributed by atoms with Gasteiger partial charge in [0.25, 0.3) is 0 Å². The van der Waals surface area contributed by atoms with Gasteiger partial charge in [-0.3, -0.25) is 9.59 Å². The van der Waals surface area contributed by atoms with Crippen LogP contribution in [0.2, 0.25) is 0 Å². The molecule has 5 heteroatoms. The van der Waals surface area contributed by atoms with Gasteiger partial charge in [-0.25, -0.2) is 0 Å². The second kappa shape index (κ2) is 7.07. The number of anilines is 1. The molecule has 0 aliphatic carbocycles. The highest BCUT2D eigenvalue weighted by molar-refractivity contribution is 9.10. The van der Waals surface area contributed by atoms with E-state index < -0.39 is 5.41 Å². The number of carbonyl (C=O) groups excluding carboxylic acids is 2. The van der Waals surface area contributed by atoms with Gasteiger partial charge in [0, 0.05) is 29.9 Å². The van der Waals surface area contributed by atoms with Gasteiger partial charge in [0.1, 0.15) is 0 Å². The largest absolute Gasteiger partial charge is 0.354 e. The molecule has 1 rings (SSSR count). The van der Waals surface area contributed by atoms with Crippen LogP contribution in [0.5, 0.6) is 0 Å². The molecular formula is C16H23BrN2O2. The molecule has 1 N–H and O–H groups in total. The first kappa shape index (κ1) is 17.7. The second-order valence-electron chi connectivity index (χ2n) is 6.13. The number of aryl methyl sites for hydroxylation is 1. The summed E-state index contributed by atoms with van der Waals surface area (Å²) in [6, 6.07) is 5.84. The Balaban J connectivity index is 2.76. The number of benzene rings is 1. The van der Waals surface area contributed by atoms with Crippen molar-refractivity contribution in [3.8, 4) is 0 Å². The van der Waals surface area contributed by atoms with Gasteiger partial charge in [-0.1, -0.05) is 26.8 Å². The topological polar surface area (TPSA) is 49.4 Å². The molecule has 0 atom stereocenters. The number of nitrogens with zero attached hydrogens (tertiary/aromatic N) is 1. The molecule has 0 spiro atoms. The first-order valence-electron chi connectivity index (χ1n) is 6.95. The maximum Gasteiger partial charge on any atom is 0.225 e. The van der Waals surface area contributed by atoms with Crippen LogP contribution in [-0.4, -0.2) is 24.9 Å². The first-order valence-corrected chi connectivity index (χ1v) is 7.75. The fourth-order valence-corrected chi connectivity index (χ4v) is 2.53. The lowest BCUT2D eigenvalue weighted by Crippen LogP contribution is -2.41. The van der Waals surface area contributed by atoms with Crippen LogP contribution < -0.4 is 10.2 Å². The summed E-state index contributed by atoms with van der Waals surface area (Å²) < 4.78 is 0.875. The Labute approximate surface area is 135 Å². The molecule has 0 aliphatic rings. The van der Waals surface area contributed by atoms with Gasteiger partial charge in [0.15, 0.2) is 0 Å². The number of rotatable bonds is 4. The van der Waals surface area contributed by atoms with Gasteiger partial charge in [-0.15, -0.1) is 0 Å². The number of nitrogens with one attached hydrogen (secondary N) is 1. The molecule has 0 radical (unpaired) electrons. The average Bonchev–Trinajstić information content (AvgIpc) is 2.34. The summed E-state index contributed by atoms with van der Waals surface area (Å²) >= 11 is 3.49. The molecule has 1 aromatic rings. The van der Waals surface area contributed by atoms with Crippen molar-refractivity contribution >= 4 is 33.4 Å². The summed E-state index contributed by atoms with van der Waals surface area (Å²) in [4.78, 5) is 25.3. The van der Waals surface area contributed by atoms with E-state index in [1.165, 1.54) is 6.92 Å². The van der Waals surface area contributed by atoms with Gasteiger partial charge in [-0.2, -0.15) is 0 Å². The first-order chi connectivity index (χ1) is 9.62. The maximum absolute atomic E-state index is 11.8. The molecule has 2 amide bonds. The lowest BCUT2D eigenvalue weighted by Gasteiger charge is -2.24. The van der Waals surface area contributed by atoms with E-state index in [9.17, 15) is 9.59 Å².